The molecule has 0 aliphatic carbocycles. The molecule has 0 saturated carbocycles. The number of anilines is 1. The maximum Gasteiger partial charge on any atom is 0.233 e. The largest absolute Gasteiger partial charge is 0.283 e. The molecule has 1 heterocycles. The van der Waals surface area contributed by atoms with Crippen molar-refractivity contribution >= 4 is 32.6 Å². The predicted octanol–water partition coefficient (Wildman–Crippen LogP) is 7.02. The van der Waals surface area contributed by atoms with Gasteiger partial charge < -0.3 is 0 Å². The number of hydrogen-bond acceptors (Lipinski definition) is 3. The molecule has 1 aromatic heterocycles. The van der Waals surface area contributed by atoms with Crippen molar-refractivity contribution in [1.29, 1.82) is 0 Å². The number of halogens is 2. The van der Waals surface area contributed by atoms with E-state index in [1.54, 1.807) is 4.90 Å². The third-order valence-corrected chi connectivity index (χ3v) is 6.56. The molecule has 4 aromatic carbocycles. The Hall–Kier alpha value is -3.90. The maximum absolute atomic E-state index is 14.3. The van der Waals surface area contributed by atoms with Crippen LogP contribution in [0.25, 0.3) is 21.3 Å². The summed E-state index contributed by atoms with van der Waals surface area (Å²) in [5.74, 6) is -1.57. The first-order chi connectivity index (χ1) is 16.6. The lowest BCUT2D eigenvalue weighted by Gasteiger charge is -2.20. The van der Waals surface area contributed by atoms with Crippen LogP contribution in [0.1, 0.15) is 11.1 Å². The summed E-state index contributed by atoms with van der Waals surface area (Å²) >= 11 is 1.11. The zero-order valence-corrected chi connectivity index (χ0v) is 18.9. The van der Waals surface area contributed by atoms with Gasteiger partial charge in [0.2, 0.25) is 5.91 Å². The van der Waals surface area contributed by atoms with E-state index >= 15 is 0 Å². The van der Waals surface area contributed by atoms with Crippen LogP contribution in [0.5, 0.6) is 0 Å². The van der Waals surface area contributed by atoms with Crippen molar-refractivity contribution in [3.05, 3.63) is 120 Å². The van der Waals surface area contributed by atoms with E-state index in [0.717, 1.165) is 39.7 Å². The highest BCUT2D eigenvalue weighted by Crippen LogP contribution is 2.32. The molecular weight excluding hydrogens is 450 g/mol. The summed E-state index contributed by atoms with van der Waals surface area (Å²) in [5.41, 5.74) is 4.03. The van der Waals surface area contributed by atoms with E-state index in [-0.39, 0.29) is 24.4 Å². The van der Waals surface area contributed by atoms with Gasteiger partial charge in [-0.3, -0.25) is 9.69 Å². The number of benzene rings is 4. The molecule has 0 bridgehead atoms. The van der Waals surface area contributed by atoms with Crippen LogP contribution in [-0.2, 0) is 17.8 Å². The molecule has 1 amide bonds. The molecule has 0 unspecified atom stereocenters. The first-order valence-electron chi connectivity index (χ1n) is 10.8. The number of rotatable bonds is 6. The molecule has 0 fully saturated rings. The van der Waals surface area contributed by atoms with Gasteiger partial charge in [-0.1, -0.05) is 96.3 Å². The number of carbonyl (C=O) groups excluding carboxylic acids is 1. The van der Waals surface area contributed by atoms with Crippen LogP contribution >= 0.6 is 11.3 Å². The molecular formula is C28H20F2N2OS. The minimum atomic E-state index is -0.735. The Morgan fingerprint density at radius 3 is 2.15 bits per heavy atom. The van der Waals surface area contributed by atoms with E-state index in [1.165, 1.54) is 6.07 Å². The van der Waals surface area contributed by atoms with Crippen LogP contribution in [0.2, 0.25) is 0 Å². The van der Waals surface area contributed by atoms with Crippen molar-refractivity contribution in [1.82, 2.24) is 4.98 Å². The summed E-state index contributed by atoms with van der Waals surface area (Å²) in [6.07, 6.45) is 0.161. The van der Waals surface area contributed by atoms with Crippen LogP contribution in [0, 0.1) is 11.6 Å². The van der Waals surface area contributed by atoms with Crippen LogP contribution < -0.4 is 4.90 Å². The molecule has 5 rings (SSSR count). The number of carbonyl (C=O) groups is 1. The lowest BCUT2D eigenvalue weighted by atomic mass is 10.0. The molecule has 5 aromatic rings. The molecule has 0 saturated heterocycles. The van der Waals surface area contributed by atoms with Crippen molar-refractivity contribution < 1.29 is 13.6 Å². The average molecular weight is 471 g/mol. The highest BCUT2D eigenvalue weighted by Gasteiger charge is 2.22. The lowest BCUT2D eigenvalue weighted by molar-refractivity contribution is -0.118. The predicted molar refractivity (Wildman–Crippen MR) is 133 cm³/mol. The van der Waals surface area contributed by atoms with Crippen LogP contribution in [0.4, 0.5) is 13.9 Å². The Kier molecular flexibility index (Phi) is 6.14. The van der Waals surface area contributed by atoms with Crippen molar-refractivity contribution in [3.63, 3.8) is 0 Å². The lowest BCUT2D eigenvalue weighted by Crippen LogP contribution is -2.31. The first kappa shape index (κ1) is 21.9. The van der Waals surface area contributed by atoms with Gasteiger partial charge in [0.15, 0.2) is 10.9 Å². The van der Waals surface area contributed by atoms with Gasteiger partial charge >= 0.3 is 0 Å². The zero-order valence-electron chi connectivity index (χ0n) is 18.1. The monoisotopic (exact) mass is 470 g/mol. The fraction of sp³-hybridized carbons (Fsp3) is 0.0714. The minimum absolute atomic E-state index is 0.0690. The summed E-state index contributed by atoms with van der Waals surface area (Å²) in [5, 5.41) is 0.342. The number of aromatic nitrogens is 1. The van der Waals surface area contributed by atoms with Gasteiger partial charge in [-0.05, 0) is 28.3 Å². The Balaban J connectivity index is 1.44. The summed E-state index contributed by atoms with van der Waals surface area (Å²) < 4.78 is 28.4. The highest BCUT2D eigenvalue weighted by molar-refractivity contribution is 7.22. The fourth-order valence-electron chi connectivity index (χ4n) is 3.81. The van der Waals surface area contributed by atoms with Gasteiger partial charge in [-0.15, -0.1) is 0 Å². The Labute approximate surface area is 199 Å². The smallest absolute Gasteiger partial charge is 0.233 e. The Bertz CT molecular complexity index is 1430. The van der Waals surface area contributed by atoms with E-state index in [0.29, 0.717) is 9.83 Å². The third kappa shape index (κ3) is 4.72. The quantitative estimate of drug-likeness (QED) is 0.267. The first-order valence-corrected chi connectivity index (χ1v) is 11.6. The average Bonchev–Trinajstić information content (AvgIpc) is 3.28. The molecule has 0 aliphatic heterocycles. The second-order valence-corrected chi connectivity index (χ2v) is 8.95. The van der Waals surface area contributed by atoms with E-state index in [9.17, 15) is 13.6 Å². The zero-order chi connectivity index (χ0) is 23.5. The van der Waals surface area contributed by atoms with Gasteiger partial charge in [0.1, 0.15) is 11.3 Å². The third-order valence-electron chi connectivity index (χ3n) is 5.53. The fourth-order valence-corrected chi connectivity index (χ4v) is 4.83. The normalized spacial score (nSPS) is 11.0. The van der Waals surface area contributed by atoms with Crippen LogP contribution in [0.15, 0.2) is 97.1 Å². The summed E-state index contributed by atoms with van der Waals surface area (Å²) in [7, 11) is 0. The second-order valence-electron chi connectivity index (χ2n) is 7.94. The second kappa shape index (κ2) is 9.53. The van der Waals surface area contributed by atoms with Crippen LogP contribution in [-0.4, -0.2) is 10.9 Å². The molecule has 0 atom stereocenters. The van der Waals surface area contributed by atoms with Gasteiger partial charge in [0.25, 0.3) is 0 Å². The van der Waals surface area contributed by atoms with Crippen molar-refractivity contribution in [2.75, 3.05) is 4.90 Å². The summed E-state index contributed by atoms with van der Waals surface area (Å²) in [4.78, 5) is 19.3. The summed E-state index contributed by atoms with van der Waals surface area (Å²) in [6, 6.07) is 29.5. The minimum Gasteiger partial charge on any atom is -0.283 e. The van der Waals surface area contributed by atoms with Gasteiger partial charge in [-0.2, -0.15) is 0 Å². The molecule has 3 nitrogen and oxygen atoms in total. The van der Waals surface area contributed by atoms with E-state index in [4.69, 9.17) is 0 Å². The SMILES string of the molecule is O=C(Cc1ccc(-c2ccccc2)cc1)N(Cc1ccccc1)c1nc2c(F)cc(F)cc2s1. The summed E-state index contributed by atoms with van der Waals surface area (Å²) in [6.45, 7) is 0.283. The molecule has 34 heavy (non-hydrogen) atoms. The molecule has 0 radical (unpaired) electrons. The van der Waals surface area contributed by atoms with E-state index in [1.807, 2.05) is 84.9 Å². The number of fused-ring (bicyclic) bond motifs is 1. The molecule has 168 valence electrons. The molecule has 0 aliphatic rings. The number of nitrogens with zero attached hydrogens (tertiary/aromatic N) is 2. The number of hydrogen-bond donors (Lipinski definition) is 0. The number of amides is 1. The van der Waals surface area contributed by atoms with Crippen molar-refractivity contribution in [2.24, 2.45) is 0 Å². The van der Waals surface area contributed by atoms with Crippen molar-refractivity contribution in [2.45, 2.75) is 13.0 Å². The van der Waals surface area contributed by atoms with E-state index < -0.39 is 11.6 Å². The standard InChI is InChI=1S/C28H20F2N2OS/c29-23-16-24(30)27-25(17-23)34-28(31-27)32(18-20-7-3-1-4-8-20)26(33)15-19-11-13-22(14-12-19)21-9-5-2-6-10-21/h1-14,16-17H,15,18H2. The highest BCUT2D eigenvalue weighted by atomic mass is 32.1. The van der Waals surface area contributed by atoms with Gasteiger partial charge in [-0.25, -0.2) is 13.8 Å². The maximum atomic E-state index is 14.3. The Morgan fingerprint density at radius 2 is 1.44 bits per heavy atom. The van der Waals surface area contributed by atoms with Crippen molar-refractivity contribution in [3.8, 4) is 11.1 Å². The molecule has 0 N–H and O–H groups in total. The topological polar surface area (TPSA) is 33.2 Å². The molecule has 0 spiro atoms. The molecule has 6 heteroatoms. The Morgan fingerprint density at radius 1 is 0.794 bits per heavy atom. The van der Waals surface area contributed by atoms with Gasteiger partial charge in [0.05, 0.1) is 17.7 Å². The van der Waals surface area contributed by atoms with E-state index in [2.05, 4.69) is 4.98 Å². The van der Waals surface area contributed by atoms with Gasteiger partial charge in [0, 0.05) is 6.07 Å². The number of thiazole rings is 1. The van der Waals surface area contributed by atoms with Crippen LogP contribution in [0.3, 0.4) is 0 Å².